The summed E-state index contributed by atoms with van der Waals surface area (Å²) in [5.41, 5.74) is -4.26. The number of nitrogens with zero attached hydrogens (tertiary/aromatic N) is 9. The second-order valence-corrected chi connectivity index (χ2v) is 28.2. The fourth-order valence-corrected chi connectivity index (χ4v) is 15.2. The average Bonchev–Trinajstić information content (AvgIpc) is 1.68. The predicted octanol–water partition coefficient (Wildman–Crippen LogP) is 2.70. The van der Waals surface area contributed by atoms with Gasteiger partial charge in [-0.25, -0.2) is 8.78 Å². The molecule has 0 aromatic heterocycles. The predicted molar refractivity (Wildman–Crippen MR) is 360 cm³/mol. The van der Waals surface area contributed by atoms with Crippen LogP contribution in [0.5, 0.6) is 0 Å². The summed E-state index contributed by atoms with van der Waals surface area (Å²) in [6.07, 6.45) is -5.03. The summed E-state index contributed by atoms with van der Waals surface area (Å²) in [7, 11) is 6.52. The first-order valence-electron chi connectivity index (χ1n) is 36.0. The topological polar surface area (TPSA) is 326 Å². The first-order chi connectivity index (χ1) is 48.6. The van der Waals surface area contributed by atoms with Gasteiger partial charge < -0.3 is 74.6 Å². The molecule has 4 aliphatic heterocycles. The van der Waals surface area contributed by atoms with Crippen molar-refractivity contribution in [1.82, 2.24) is 60.0 Å². The van der Waals surface area contributed by atoms with Crippen LogP contribution in [0.25, 0.3) is 0 Å². The number of alkyl halides is 3. The number of carboxylic acid groups (broad SMARTS) is 1. The van der Waals surface area contributed by atoms with Gasteiger partial charge in [0.05, 0.1) is 45.2 Å². The molecule has 4 heterocycles. The van der Waals surface area contributed by atoms with Gasteiger partial charge in [0, 0.05) is 81.0 Å². The smallest absolute Gasteiger partial charge is 0.422 e. The summed E-state index contributed by atoms with van der Waals surface area (Å²) in [6, 6.07) is -10.9. The van der Waals surface area contributed by atoms with E-state index in [2.05, 4.69) is 16.0 Å². The van der Waals surface area contributed by atoms with E-state index >= 15 is 32.8 Å². The highest BCUT2D eigenvalue weighted by molar-refractivity contribution is 6.01. The van der Waals surface area contributed by atoms with E-state index in [1.165, 1.54) is 42.9 Å². The van der Waals surface area contributed by atoms with E-state index in [9.17, 15) is 56.6 Å². The SMILES string of the molecule is CCO[C@@H]1C[C@H]2C(=O)NC3(CCC3)C(=O)N(C)[C@@H](C3CCCC3)C(=O)N(CC)[C@H](C(=O)N3CCOCC3)CC(=O)N(C)[C@@H](CC)C(=O)N[C@@H]([C@@H](C)CC)C(=O)N(C)CC(=O)N(C)[C@H]3CCCCCN(C3=O)[C@@H](CC(=O)O)C(=O)N(C)CC(=O)N[C@@H](CCc3cc(F)c(C(F)(F)F)c(F)c3)C(=O)N2C1. The van der Waals surface area contributed by atoms with Crippen molar-refractivity contribution in [2.45, 2.75) is 216 Å². The van der Waals surface area contributed by atoms with Crippen molar-refractivity contribution in [3.8, 4) is 0 Å². The lowest BCUT2D eigenvalue weighted by Crippen LogP contribution is -2.68. The summed E-state index contributed by atoms with van der Waals surface area (Å²) in [6.45, 7) is 6.74. The van der Waals surface area contributed by atoms with E-state index in [-0.39, 0.29) is 96.6 Å². The van der Waals surface area contributed by atoms with Gasteiger partial charge in [-0.1, -0.05) is 52.9 Å². The number of fused-ring (bicyclic) bond motifs is 3. The molecule has 28 nitrogen and oxygen atoms in total. The molecule has 1 spiro atoms. The molecular formula is C70H103F5N12O16. The third-order valence-corrected chi connectivity index (χ3v) is 21.5. The molecule has 10 atom stereocenters. The molecule has 7 rings (SSSR count). The van der Waals surface area contributed by atoms with E-state index in [0.717, 1.165) is 36.4 Å². The minimum absolute atomic E-state index is 0.00290. The fourth-order valence-electron chi connectivity index (χ4n) is 15.2. The van der Waals surface area contributed by atoms with Crippen LogP contribution in [0.4, 0.5) is 22.0 Å². The Balaban J connectivity index is 1.32. The quantitative estimate of drug-likeness (QED) is 0.206. The number of aryl methyl sites for hydroxylation is 1. The Kier molecular flexibility index (Phi) is 28.8. The van der Waals surface area contributed by atoms with Gasteiger partial charge in [-0.15, -0.1) is 0 Å². The largest absolute Gasteiger partial charge is 0.481 e. The first-order valence-corrected chi connectivity index (χ1v) is 36.0. The van der Waals surface area contributed by atoms with Crippen molar-refractivity contribution in [3.63, 3.8) is 0 Å². The van der Waals surface area contributed by atoms with Crippen molar-refractivity contribution >= 4 is 76.9 Å². The highest BCUT2D eigenvalue weighted by atomic mass is 19.4. The number of likely N-dealkylation sites (N-methyl/N-ethyl adjacent to an activating group) is 6. The molecule has 1 aromatic carbocycles. The summed E-state index contributed by atoms with van der Waals surface area (Å²) >= 11 is 0. The van der Waals surface area contributed by atoms with Gasteiger partial charge in [0.2, 0.25) is 70.9 Å². The normalized spacial score (nSPS) is 27.3. The molecule has 4 N–H and O–H groups in total. The number of morpholine rings is 1. The van der Waals surface area contributed by atoms with Crippen molar-refractivity contribution in [3.05, 3.63) is 34.9 Å². The lowest BCUT2D eigenvalue weighted by atomic mass is 9.74. The molecule has 2 saturated carbocycles. The van der Waals surface area contributed by atoms with E-state index in [0.29, 0.717) is 63.5 Å². The van der Waals surface area contributed by atoms with Crippen LogP contribution in [0.3, 0.4) is 0 Å². The molecular weight excluding hydrogens is 1360 g/mol. The van der Waals surface area contributed by atoms with Crippen molar-refractivity contribution in [2.75, 3.05) is 101 Å². The number of ether oxygens (including phenoxy) is 2. The highest BCUT2D eigenvalue weighted by Gasteiger charge is 2.54. The van der Waals surface area contributed by atoms with Crippen LogP contribution in [-0.2, 0) is 84.4 Å². The number of carbonyl (C=O) groups excluding carboxylic acids is 12. The Hall–Kier alpha value is -8.10. The van der Waals surface area contributed by atoms with E-state index in [4.69, 9.17) is 9.47 Å². The number of amides is 12. The maximum absolute atomic E-state index is 15.8. The molecule has 2 aliphatic carbocycles. The molecule has 6 fully saturated rings. The van der Waals surface area contributed by atoms with Crippen molar-refractivity contribution in [1.29, 1.82) is 0 Å². The molecule has 33 heteroatoms. The Morgan fingerprint density at radius 3 is 1.90 bits per heavy atom. The number of carboxylic acids is 1. The lowest BCUT2D eigenvalue weighted by molar-refractivity contribution is -0.159. The molecule has 0 radical (unpaired) electrons. The van der Waals surface area contributed by atoms with Crippen molar-refractivity contribution < 1.29 is 98.9 Å². The highest BCUT2D eigenvalue weighted by Crippen LogP contribution is 2.39. The zero-order valence-electron chi connectivity index (χ0n) is 60.8. The zero-order chi connectivity index (χ0) is 76.1. The molecule has 2 bridgehead atoms. The summed E-state index contributed by atoms with van der Waals surface area (Å²) < 4.78 is 83.1. The van der Waals surface area contributed by atoms with E-state index < -0.39 is 211 Å². The molecule has 574 valence electrons. The maximum Gasteiger partial charge on any atom is 0.422 e. The minimum atomic E-state index is -5.44. The fraction of sp³-hybridized carbons (Fsp3) is 0.729. The number of benzene rings is 1. The van der Waals surface area contributed by atoms with Gasteiger partial charge in [-0.2, -0.15) is 13.2 Å². The van der Waals surface area contributed by atoms with Gasteiger partial charge in [-0.05, 0) is 108 Å². The molecule has 1 aromatic rings. The Morgan fingerprint density at radius 1 is 0.699 bits per heavy atom. The number of halogens is 5. The van der Waals surface area contributed by atoms with E-state index in [1.807, 2.05) is 0 Å². The monoisotopic (exact) mass is 1460 g/mol. The lowest BCUT2D eigenvalue weighted by Gasteiger charge is -2.47. The zero-order valence-corrected chi connectivity index (χ0v) is 60.8. The number of rotatable bonds is 13. The Bertz CT molecular complexity index is 3270. The van der Waals surface area contributed by atoms with Crippen LogP contribution >= 0.6 is 0 Å². The molecule has 4 saturated heterocycles. The van der Waals surface area contributed by atoms with Gasteiger partial charge in [0.15, 0.2) is 0 Å². The third-order valence-electron chi connectivity index (χ3n) is 21.5. The summed E-state index contributed by atoms with van der Waals surface area (Å²) in [5, 5.41) is 18.5. The molecule has 103 heavy (non-hydrogen) atoms. The Labute approximate surface area is 597 Å². The second kappa shape index (κ2) is 36.1. The maximum atomic E-state index is 15.8. The summed E-state index contributed by atoms with van der Waals surface area (Å²) in [5.74, 6) is -16.4. The number of carbonyl (C=O) groups is 13. The van der Waals surface area contributed by atoms with Crippen LogP contribution in [0, 0.1) is 23.5 Å². The second-order valence-electron chi connectivity index (χ2n) is 28.2. The average molecular weight is 1460 g/mol. The number of aliphatic carboxylic acids is 1. The van der Waals surface area contributed by atoms with Crippen LogP contribution in [0.1, 0.15) is 155 Å². The summed E-state index contributed by atoms with van der Waals surface area (Å²) in [4.78, 5) is 203. The minimum Gasteiger partial charge on any atom is -0.481 e. The molecule has 6 aliphatic rings. The van der Waals surface area contributed by atoms with Crippen LogP contribution in [0.2, 0.25) is 0 Å². The number of nitrogens with one attached hydrogen (secondary N) is 3. The van der Waals surface area contributed by atoms with E-state index in [1.54, 1.807) is 34.6 Å². The van der Waals surface area contributed by atoms with Crippen LogP contribution < -0.4 is 16.0 Å². The first kappa shape index (κ1) is 82.2. The Morgan fingerprint density at radius 2 is 1.33 bits per heavy atom. The number of hydrogen-bond acceptors (Lipinski definition) is 15. The third kappa shape index (κ3) is 19.5. The standard InChI is InChI=1S/C70H103F5N12O16/c1-11-41(5)58-66(99)80(7)40-55(90)82(9)49-23-16-15-19-28-86(65(49)98)52(37-56(91)92)63(96)79(6)39-53(88)76-47(25-24-42-33-45(71)57(46(72)34-42)70(73,74)75)62(95)87-38-44(103-14-4)35-50(87)61(94)78-69(26-20-27-69)68(101)83(10)59(43-21-17-18-22-43)67(100)85(13-3)51(64(97)84-29-31-102-32-30-84)36-54(89)81(8)48(12-2)60(93)77-58/h33-34,41,43-44,47-52,58-59H,11-32,35-40H2,1-10H3,(H,76,88)(H,77,93)(H,78,94)(H,91,92)/t41-,44+,47-,48-,49-,50-,51-,52-,58-,59-/m0/s1. The van der Waals surface area contributed by atoms with Crippen LogP contribution in [0.15, 0.2) is 12.1 Å². The van der Waals surface area contributed by atoms with Gasteiger partial charge in [0.25, 0.3) is 0 Å². The molecule has 0 unspecified atom stereocenters. The van der Waals surface area contributed by atoms with Gasteiger partial charge in [-0.3, -0.25) is 62.3 Å². The molecule has 12 amide bonds. The van der Waals surface area contributed by atoms with Crippen LogP contribution in [-0.4, -0.2) is 287 Å². The van der Waals surface area contributed by atoms with Gasteiger partial charge >= 0.3 is 12.1 Å². The van der Waals surface area contributed by atoms with Gasteiger partial charge in [0.1, 0.15) is 71.1 Å². The van der Waals surface area contributed by atoms with Crippen molar-refractivity contribution in [2.24, 2.45) is 11.8 Å². The number of hydrogen-bond donors (Lipinski definition) is 4.